The Bertz CT molecular complexity index is 599. The molecule has 0 nitrogen and oxygen atoms in total. The molecule has 0 amide bonds. The molecule has 0 spiro atoms. The van der Waals surface area contributed by atoms with Crippen LogP contribution in [0.5, 0.6) is 0 Å². The van der Waals surface area contributed by atoms with Crippen LogP contribution >= 0.6 is 27.7 Å². The summed E-state index contributed by atoms with van der Waals surface area (Å²) in [6, 6.07) is 10.2. The second-order valence-electron chi connectivity index (χ2n) is 4.23. The predicted molar refractivity (Wildman–Crippen MR) is 80.1 cm³/mol. The topological polar surface area (TPSA) is 0 Å². The number of alkyl halides is 1. The highest BCUT2D eigenvalue weighted by atomic mass is 79.9. The second-order valence-corrected chi connectivity index (χ2v) is 5.99. The van der Waals surface area contributed by atoms with Gasteiger partial charge in [-0.15, -0.1) is 11.8 Å². The summed E-state index contributed by atoms with van der Waals surface area (Å²) >= 11 is 5.06. The summed E-state index contributed by atoms with van der Waals surface area (Å²) in [7, 11) is 0. The quantitative estimate of drug-likeness (QED) is 0.525. The molecule has 0 saturated heterocycles. The molecule has 0 aliphatic carbocycles. The average Bonchev–Trinajstić information content (AvgIpc) is 2.42. The van der Waals surface area contributed by atoms with Gasteiger partial charge in [-0.05, 0) is 42.5 Å². The van der Waals surface area contributed by atoms with Gasteiger partial charge in [-0.25, -0.2) is 8.78 Å². The Kier molecular flexibility index (Phi) is 4.63. The van der Waals surface area contributed by atoms with Crippen molar-refractivity contribution >= 4 is 27.7 Å². The maximum Gasteiger partial charge on any atom is 0.128 e. The van der Waals surface area contributed by atoms with Crippen LogP contribution in [0.1, 0.15) is 21.5 Å². The molecule has 2 aromatic rings. The molecule has 0 bridgehead atoms. The van der Waals surface area contributed by atoms with Crippen LogP contribution in [-0.2, 0) is 0 Å². The maximum absolute atomic E-state index is 14.0. The summed E-state index contributed by atoms with van der Waals surface area (Å²) in [5, 5.41) is 0. The van der Waals surface area contributed by atoms with E-state index in [1.807, 2.05) is 30.5 Å². The van der Waals surface area contributed by atoms with Gasteiger partial charge in [0.15, 0.2) is 0 Å². The molecule has 1 unspecified atom stereocenters. The fourth-order valence-corrected chi connectivity index (χ4v) is 3.44. The maximum atomic E-state index is 14.0. The minimum absolute atomic E-state index is 0.319. The predicted octanol–water partition coefficient (Wildman–Crippen LogP) is 5.48. The van der Waals surface area contributed by atoms with Crippen molar-refractivity contribution in [1.82, 2.24) is 0 Å². The summed E-state index contributed by atoms with van der Waals surface area (Å²) in [5.41, 5.74) is 1.58. The molecule has 0 fully saturated rings. The van der Waals surface area contributed by atoms with E-state index in [-0.39, 0.29) is 10.6 Å². The van der Waals surface area contributed by atoms with E-state index in [2.05, 4.69) is 15.9 Å². The lowest BCUT2D eigenvalue weighted by Crippen LogP contribution is -2.00. The van der Waals surface area contributed by atoms with Crippen LogP contribution in [-0.4, -0.2) is 6.26 Å². The van der Waals surface area contributed by atoms with E-state index < -0.39 is 5.82 Å². The minimum atomic E-state index is -0.392. The van der Waals surface area contributed by atoms with Gasteiger partial charge in [-0.2, -0.15) is 0 Å². The third kappa shape index (κ3) is 3.00. The van der Waals surface area contributed by atoms with Gasteiger partial charge in [0, 0.05) is 10.5 Å². The smallest absolute Gasteiger partial charge is 0.128 e. The number of halogens is 3. The third-order valence-corrected chi connectivity index (χ3v) is 4.76. The number of hydrogen-bond acceptors (Lipinski definition) is 1. The number of benzene rings is 2. The van der Waals surface area contributed by atoms with Gasteiger partial charge < -0.3 is 0 Å². The summed E-state index contributed by atoms with van der Waals surface area (Å²) in [4.78, 5) is 0.691. The van der Waals surface area contributed by atoms with Crippen LogP contribution in [0.2, 0.25) is 0 Å². The molecule has 0 heterocycles. The average molecular weight is 343 g/mol. The van der Waals surface area contributed by atoms with Crippen molar-refractivity contribution in [1.29, 1.82) is 0 Å². The Morgan fingerprint density at radius 2 is 1.74 bits per heavy atom. The summed E-state index contributed by atoms with van der Waals surface area (Å²) in [6.07, 6.45) is 1.96. The number of rotatable bonds is 3. The van der Waals surface area contributed by atoms with E-state index in [9.17, 15) is 8.78 Å². The van der Waals surface area contributed by atoms with Gasteiger partial charge >= 0.3 is 0 Å². The van der Waals surface area contributed by atoms with E-state index in [0.717, 1.165) is 10.5 Å². The van der Waals surface area contributed by atoms with E-state index >= 15 is 0 Å². The lowest BCUT2D eigenvalue weighted by molar-refractivity contribution is 0.581. The standard InChI is InChI=1S/C15H13BrF2S/c1-9-7-13(18)11(8-12(9)17)15(16)10-5-3-4-6-14(10)19-2/h3-8,15H,1-2H3. The highest BCUT2D eigenvalue weighted by Gasteiger charge is 2.19. The fraction of sp³-hybridized carbons (Fsp3) is 0.200. The van der Waals surface area contributed by atoms with Gasteiger partial charge in [-0.1, -0.05) is 34.1 Å². The van der Waals surface area contributed by atoms with E-state index in [4.69, 9.17) is 0 Å². The minimum Gasteiger partial charge on any atom is -0.207 e. The first kappa shape index (κ1) is 14.5. The monoisotopic (exact) mass is 342 g/mol. The van der Waals surface area contributed by atoms with Crippen LogP contribution in [0.15, 0.2) is 41.3 Å². The first-order chi connectivity index (χ1) is 9.04. The molecule has 2 rings (SSSR count). The van der Waals surface area contributed by atoms with Gasteiger partial charge in [0.1, 0.15) is 11.6 Å². The summed E-state index contributed by atoms with van der Waals surface area (Å²) in [5.74, 6) is -0.779. The Morgan fingerprint density at radius 3 is 2.42 bits per heavy atom. The van der Waals surface area contributed by atoms with E-state index in [1.165, 1.54) is 12.1 Å². The zero-order valence-electron chi connectivity index (χ0n) is 10.6. The van der Waals surface area contributed by atoms with Gasteiger partial charge in [0.2, 0.25) is 0 Å². The van der Waals surface area contributed by atoms with Crippen LogP contribution in [0.4, 0.5) is 8.78 Å². The van der Waals surface area contributed by atoms with Crippen LogP contribution in [0.25, 0.3) is 0 Å². The lowest BCUT2D eigenvalue weighted by Gasteiger charge is -2.15. The van der Waals surface area contributed by atoms with Crippen molar-refractivity contribution in [2.75, 3.05) is 6.26 Å². The van der Waals surface area contributed by atoms with Crippen LogP contribution < -0.4 is 0 Å². The molecule has 19 heavy (non-hydrogen) atoms. The summed E-state index contributed by atoms with van der Waals surface area (Å²) in [6.45, 7) is 1.56. The fourth-order valence-electron chi connectivity index (χ4n) is 1.90. The summed E-state index contributed by atoms with van der Waals surface area (Å²) < 4.78 is 27.6. The molecule has 100 valence electrons. The van der Waals surface area contributed by atoms with E-state index in [1.54, 1.807) is 18.7 Å². The Morgan fingerprint density at radius 1 is 1.05 bits per heavy atom. The molecule has 0 N–H and O–H groups in total. The molecule has 0 aliphatic rings. The Balaban J connectivity index is 2.50. The lowest BCUT2D eigenvalue weighted by atomic mass is 10.0. The molecule has 0 aromatic heterocycles. The number of thioether (sulfide) groups is 1. The van der Waals surface area contributed by atoms with E-state index in [0.29, 0.717) is 11.1 Å². The SMILES string of the molecule is CSc1ccccc1C(Br)c1cc(F)c(C)cc1F. The third-order valence-electron chi connectivity index (χ3n) is 2.96. The van der Waals surface area contributed by atoms with Crippen LogP contribution in [0.3, 0.4) is 0 Å². The molecule has 0 radical (unpaired) electrons. The largest absolute Gasteiger partial charge is 0.207 e. The number of aryl methyl sites for hydroxylation is 1. The highest BCUT2D eigenvalue weighted by molar-refractivity contribution is 9.09. The van der Waals surface area contributed by atoms with Crippen molar-refractivity contribution in [2.24, 2.45) is 0 Å². The Hall–Kier alpha value is -0.870. The van der Waals surface area contributed by atoms with Crippen molar-refractivity contribution in [3.8, 4) is 0 Å². The molecule has 2 aromatic carbocycles. The van der Waals surface area contributed by atoms with Gasteiger partial charge in [-0.3, -0.25) is 0 Å². The first-order valence-corrected chi connectivity index (χ1v) is 7.91. The molecule has 4 heteroatoms. The molecular weight excluding hydrogens is 330 g/mol. The van der Waals surface area contributed by atoms with Crippen LogP contribution in [0, 0.1) is 18.6 Å². The van der Waals surface area contributed by atoms with Crippen molar-refractivity contribution in [3.05, 3.63) is 64.7 Å². The first-order valence-electron chi connectivity index (χ1n) is 5.77. The molecule has 0 saturated carbocycles. The molecule has 0 aliphatic heterocycles. The van der Waals surface area contributed by atoms with Crippen molar-refractivity contribution in [2.45, 2.75) is 16.6 Å². The van der Waals surface area contributed by atoms with Crippen molar-refractivity contribution < 1.29 is 8.78 Å². The second kappa shape index (κ2) is 6.06. The van der Waals surface area contributed by atoms with Crippen molar-refractivity contribution in [3.63, 3.8) is 0 Å². The number of hydrogen-bond donors (Lipinski definition) is 0. The normalized spacial score (nSPS) is 12.5. The Labute approximate surface area is 124 Å². The zero-order chi connectivity index (χ0) is 14.0. The van der Waals surface area contributed by atoms with Gasteiger partial charge in [0.05, 0.1) is 4.83 Å². The zero-order valence-corrected chi connectivity index (χ0v) is 13.0. The van der Waals surface area contributed by atoms with Gasteiger partial charge in [0.25, 0.3) is 0 Å². The molecule has 1 atom stereocenters. The highest BCUT2D eigenvalue weighted by Crippen LogP contribution is 2.37. The molecular formula is C15H13BrF2S.